The Morgan fingerprint density at radius 2 is 1.63 bits per heavy atom. The highest BCUT2D eigenvalue weighted by Gasteiger charge is 2.64. The van der Waals surface area contributed by atoms with Crippen molar-refractivity contribution < 1.29 is 19.7 Å². The van der Waals surface area contributed by atoms with E-state index in [2.05, 4.69) is 34.6 Å². The fraction of sp³-hybridized carbons (Fsp3) is 0.968. The maximum atomic E-state index is 12.2. The van der Waals surface area contributed by atoms with Crippen LogP contribution in [0.3, 0.4) is 0 Å². The van der Waals surface area contributed by atoms with Crippen LogP contribution < -0.4 is 0 Å². The summed E-state index contributed by atoms with van der Waals surface area (Å²) < 4.78 is 5.67. The van der Waals surface area contributed by atoms with Gasteiger partial charge >= 0.3 is 5.97 Å². The molecular weight excluding hydrogens is 436 g/mol. The summed E-state index contributed by atoms with van der Waals surface area (Å²) in [7, 11) is 0. The molecule has 0 heterocycles. The zero-order chi connectivity index (χ0) is 25.2. The number of aliphatic hydroxyl groups excluding tert-OH is 2. The molecule has 4 heteroatoms. The molecule has 35 heavy (non-hydrogen) atoms. The summed E-state index contributed by atoms with van der Waals surface area (Å²) in [6, 6.07) is 0. The molecular formula is C31H52O4. The van der Waals surface area contributed by atoms with E-state index in [-0.39, 0.29) is 34.4 Å². The summed E-state index contributed by atoms with van der Waals surface area (Å²) in [6.07, 6.45) is 12.4. The van der Waals surface area contributed by atoms with Gasteiger partial charge in [0.05, 0.1) is 25.2 Å². The number of hydrogen-bond donors (Lipinski definition) is 2. The number of carbonyl (C=O) groups excluding carboxylic acids is 1. The van der Waals surface area contributed by atoms with Gasteiger partial charge in [0.2, 0.25) is 0 Å². The van der Waals surface area contributed by atoms with Crippen molar-refractivity contribution in [1.82, 2.24) is 0 Å². The first kappa shape index (κ1) is 26.0. The van der Waals surface area contributed by atoms with Crippen LogP contribution in [-0.4, -0.2) is 35.0 Å². The van der Waals surface area contributed by atoms with E-state index < -0.39 is 0 Å². The number of esters is 1. The topological polar surface area (TPSA) is 66.8 Å². The molecule has 0 amide bonds. The van der Waals surface area contributed by atoms with Gasteiger partial charge in [0.1, 0.15) is 0 Å². The van der Waals surface area contributed by atoms with Gasteiger partial charge < -0.3 is 14.9 Å². The first-order chi connectivity index (χ1) is 16.5. The molecule has 5 aliphatic carbocycles. The van der Waals surface area contributed by atoms with Gasteiger partial charge in [-0.25, -0.2) is 0 Å². The minimum atomic E-state index is -0.225. The average molecular weight is 489 g/mol. The Morgan fingerprint density at radius 3 is 2.31 bits per heavy atom. The third-order valence-electron chi connectivity index (χ3n) is 12.7. The van der Waals surface area contributed by atoms with Crippen LogP contribution in [0.5, 0.6) is 0 Å². The van der Waals surface area contributed by atoms with Gasteiger partial charge in [0.25, 0.3) is 0 Å². The van der Waals surface area contributed by atoms with Crippen molar-refractivity contribution in [3.05, 3.63) is 0 Å². The van der Waals surface area contributed by atoms with Crippen LogP contribution in [0, 0.1) is 57.7 Å². The number of aliphatic hydroxyl groups is 2. The summed E-state index contributed by atoms with van der Waals surface area (Å²) in [5.74, 6) is 3.56. The number of fused-ring (bicyclic) bond motifs is 5. The molecule has 0 spiro atoms. The third kappa shape index (κ3) is 4.41. The smallest absolute Gasteiger partial charge is 0.306 e. The molecule has 0 radical (unpaired) electrons. The molecule has 2 N–H and O–H groups in total. The predicted octanol–water partition coefficient (Wildman–Crippen LogP) is 6.37. The lowest BCUT2D eigenvalue weighted by Crippen LogP contribution is -2.62. The predicted molar refractivity (Wildman–Crippen MR) is 138 cm³/mol. The molecule has 0 unspecified atom stereocenters. The van der Waals surface area contributed by atoms with E-state index in [4.69, 9.17) is 4.74 Å². The normalized spacial score (nSPS) is 48.9. The summed E-state index contributed by atoms with van der Waals surface area (Å²) in [4.78, 5) is 12.2. The number of ether oxygens (including phenoxy) is 1. The SMILES string of the molecule is CC[C@H]1[C@@H](O)[C@@H]2[C@H](CC[C@]3(C)[C@@H]([C@H](C)CCOC(=O)CC4(C)CC4)CC[C@@H]23)[C@@]2(C)CC[C@@H](O)C[C@@H]12. The van der Waals surface area contributed by atoms with E-state index in [1.54, 1.807) is 0 Å². The molecule has 5 fully saturated rings. The summed E-state index contributed by atoms with van der Waals surface area (Å²) in [6.45, 7) is 12.4. The minimum absolute atomic E-state index is 0.00967. The fourth-order valence-corrected chi connectivity index (χ4v) is 10.3. The largest absolute Gasteiger partial charge is 0.466 e. The first-order valence-corrected chi connectivity index (χ1v) is 15.0. The summed E-state index contributed by atoms with van der Waals surface area (Å²) in [5, 5.41) is 22.3. The molecule has 5 saturated carbocycles. The van der Waals surface area contributed by atoms with Gasteiger partial charge in [-0.05, 0) is 122 Å². The van der Waals surface area contributed by atoms with Crippen LogP contribution in [-0.2, 0) is 9.53 Å². The molecule has 0 aromatic carbocycles. The van der Waals surface area contributed by atoms with Gasteiger partial charge in [-0.15, -0.1) is 0 Å². The van der Waals surface area contributed by atoms with Crippen LogP contribution in [0.15, 0.2) is 0 Å². The third-order valence-corrected chi connectivity index (χ3v) is 12.7. The Bertz CT molecular complexity index is 791. The Morgan fingerprint density at radius 1 is 0.943 bits per heavy atom. The van der Waals surface area contributed by atoms with Crippen molar-refractivity contribution >= 4 is 5.97 Å². The van der Waals surface area contributed by atoms with E-state index in [0.717, 1.165) is 44.9 Å². The lowest BCUT2D eigenvalue weighted by molar-refractivity contribution is -0.203. The maximum absolute atomic E-state index is 12.2. The van der Waals surface area contributed by atoms with Crippen molar-refractivity contribution in [3.63, 3.8) is 0 Å². The molecule has 5 rings (SSSR count). The molecule has 11 atom stereocenters. The van der Waals surface area contributed by atoms with Gasteiger partial charge in [-0.3, -0.25) is 4.79 Å². The molecule has 0 aliphatic heterocycles. The van der Waals surface area contributed by atoms with Crippen LogP contribution >= 0.6 is 0 Å². The second-order valence-corrected chi connectivity index (χ2v) is 14.6. The second-order valence-electron chi connectivity index (χ2n) is 14.6. The molecule has 5 aliphatic rings. The molecule has 4 nitrogen and oxygen atoms in total. The average Bonchev–Trinajstić information content (AvgIpc) is 3.41. The fourth-order valence-electron chi connectivity index (χ4n) is 10.3. The standard InChI is InChI=1S/C31H52O4/c1-6-21-25-17-20(32)9-12-31(25,5)24-10-13-30(4)22(7-8-23(30)27(24)28(21)34)19(2)11-16-35-26(33)18-29(3)14-15-29/h19-25,27-28,32,34H,6-18H2,1-5H3/t19-,20-,21-,22-,23+,24+,25+,27+,28-,30-,31-/m1/s1. The Labute approximate surface area is 214 Å². The zero-order valence-corrected chi connectivity index (χ0v) is 23.1. The molecule has 0 aromatic rings. The lowest BCUT2D eigenvalue weighted by Gasteiger charge is -2.64. The second kappa shape index (κ2) is 9.29. The highest BCUT2D eigenvalue weighted by Crippen LogP contribution is 2.69. The summed E-state index contributed by atoms with van der Waals surface area (Å²) >= 11 is 0. The van der Waals surface area contributed by atoms with Crippen LogP contribution in [0.1, 0.15) is 112 Å². The minimum Gasteiger partial charge on any atom is -0.466 e. The van der Waals surface area contributed by atoms with Crippen molar-refractivity contribution in [3.8, 4) is 0 Å². The van der Waals surface area contributed by atoms with Crippen LogP contribution in [0.25, 0.3) is 0 Å². The van der Waals surface area contributed by atoms with Gasteiger partial charge in [-0.2, -0.15) is 0 Å². The van der Waals surface area contributed by atoms with Gasteiger partial charge in [0.15, 0.2) is 0 Å². The Balaban J connectivity index is 1.27. The number of rotatable bonds is 7. The van der Waals surface area contributed by atoms with Crippen molar-refractivity contribution in [2.45, 2.75) is 124 Å². The maximum Gasteiger partial charge on any atom is 0.306 e. The van der Waals surface area contributed by atoms with Gasteiger partial charge in [0, 0.05) is 0 Å². The summed E-state index contributed by atoms with van der Waals surface area (Å²) in [5.41, 5.74) is 0.765. The highest BCUT2D eigenvalue weighted by atomic mass is 16.5. The monoisotopic (exact) mass is 488 g/mol. The zero-order valence-electron chi connectivity index (χ0n) is 23.1. The van der Waals surface area contributed by atoms with Crippen LogP contribution in [0.2, 0.25) is 0 Å². The van der Waals surface area contributed by atoms with E-state index >= 15 is 0 Å². The van der Waals surface area contributed by atoms with Crippen molar-refractivity contribution in [2.24, 2.45) is 57.7 Å². The highest BCUT2D eigenvalue weighted by molar-refractivity contribution is 5.70. The van der Waals surface area contributed by atoms with E-state index in [1.807, 2.05) is 0 Å². The van der Waals surface area contributed by atoms with E-state index in [1.165, 1.54) is 25.7 Å². The first-order valence-electron chi connectivity index (χ1n) is 15.0. The Kier molecular flexibility index (Phi) is 6.91. The van der Waals surface area contributed by atoms with E-state index in [0.29, 0.717) is 54.5 Å². The lowest BCUT2D eigenvalue weighted by atomic mass is 9.41. The van der Waals surface area contributed by atoms with Crippen molar-refractivity contribution in [1.29, 1.82) is 0 Å². The van der Waals surface area contributed by atoms with Crippen molar-refractivity contribution in [2.75, 3.05) is 6.61 Å². The molecule has 200 valence electrons. The molecule has 0 aromatic heterocycles. The van der Waals surface area contributed by atoms with E-state index in [9.17, 15) is 15.0 Å². The molecule has 0 saturated heterocycles. The van der Waals surface area contributed by atoms with Crippen LogP contribution in [0.4, 0.5) is 0 Å². The van der Waals surface area contributed by atoms with Gasteiger partial charge in [-0.1, -0.05) is 41.0 Å². The Hall–Kier alpha value is -0.610. The number of hydrogen-bond acceptors (Lipinski definition) is 4. The quantitative estimate of drug-likeness (QED) is 0.409. The molecule has 0 bridgehead atoms. The number of carbonyl (C=O) groups is 1.